The molecule has 1 N–H and O–H groups in total. The molecule has 21 heavy (non-hydrogen) atoms. The molecule has 116 valence electrons. The molecule has 3 rings (SSSR count). The van der Waals surface area contributed by atoms with Crippen molar-refractivity contribution in [2.75, 3.05) is 31.6 Å². The SMILES string of the molecule is c1cc(NC2CCCCCC2)ccc1CN1CCOCC1. The average molecular weight is 288 g/mol. The monoisotopic (exact) mass is 288 g/mol. The van der Waals surface area contributed by atoms with Gasteiger partial charge >= 0.3 is 0 Å². The molecule has 1 saturated carbocycles. The summed E-state index contributed by atoms with van der Waals surface area (Å²) in [5.41, 5.74) is 2.69. The second kappa shape index (κ2) is 7.81. The minimum absolute atomic E-state index is 0.678. The van der Waals surface area contributed by atoms with E-state index in [1.165, 1.54) is 49.8 Å². The summed E-state index contributed by atoms with van der Waals surface area (Å²) in [7, 11) is 0. The Balaban J connectivity index is 1.50. The van der Waals surface area contributed by atoms with Gasteiger partial charge in [-0.05, 0) is 30.5 Å². The number of ether oxygens (including phenoxy) is 1. The number of nitrogens with one attached hydrogen (secondary N) is 1. The van der Waals surface area contributed by atoms with Gasteiger partial charge in [-0.15, -0.1) is 0 Å². The summed E-state index contributed by atoms with van der Waals surface area (Å²) in [4.78, 5) is 2.47. The number of anilines is 1. The maximum atomic E-state index is 5.40. The molecule has 2 aliphatic rings. The van der Waals surface area contributed by atoms with Crippen LogP contribution < -0.4 is 5.32 Å². The molecule has 0 aromatic heterocycles. The zero-order valence-corrected chi connectivity index (χ0v) is 13.0. The molecule has 1 saturated heterocycles. The predicted molar refractivity (Wildman–Crippen MR) is 87.7 cm³/mol. The van der Waals surface area contributed by atoms with E-state index >= 15 is 0 Å². The lowest BCUT2D eigenvalue weighted by molar-refractivity contribution is 0.0342. The van der Waals surface area contributed by atoms with Crippen molar-refractivity contribution in [1.29, 1.82) is 0 Å². The normalized spacial score (nSPS) is 21.9. The van der Waals surface area contributed by atoms with Gasteiger partial charge in [-0.1, -0.05) is 37.8 Å². The van der Waals surface area contributed by atoms with Crippen LogP contribution in [0.4, 0.5) is 5.69 Å². The van der Waals surface area contributed by atoms with Gasteiger partial charge in [-0.2, -0.15) is 0 Å². The minimum atomic E-state index is 0.678. The molecule has 0 radical (unpaired) electrons. The van der Waals surface area contributed by atoms with Gasteiger partial charge in [0, 0.05) is 31.4 Å². The van der Waals surface area contributed by atoms with E-state index in [2.05, 4.69) is 34.5 Å². The van der Waals surface area contributed by atoms with Crippen LogP contribution in [-0.2, 0) is 11.3 Å². The molecule has 0 unspecified atom stereocenters. The molecule has 0 spiro atoms. The van der Waals surface area contributed by atoms with Gasteiger partial charge in [0.25, 0.3) is 0 Å². The Kier molecular flexibility index (Phi) is 5.53. The highest BCUT2D eigenvalue weighted by Crippen LogP contribution is 2.21. The maximum absolute atomic E-state index is 5.40. The highest BCUT2D eigenvalue weighted by Gasteiger charge is 2.13. The summed E-state index contributed by atoms with van der Waals surface area (Å²) in [6.07, 6.45) is 8.25. The van der Waals surface area contributed by atoms with Crippen LogP contribution in [0, 0.1) is 0 Å². The molecule has 0 amide bonds. The van der Waals surface area contributed by atoms with Gasteiger partial charge in [-0.25, -0.2) is 0 Å². The molecule has 3 heteroatoms. The Labute approximate surface area is 128 Å². The van der Waals surface area contributed by atoms with Crippen LogP contribution in [0.2, 0.25) is 0 Å². The molecular weight excluding hydrogens is 260 g/mol. The Bertz CT molecular complexity index is 404. The van der Waals surface area contributed by atoms with Crippen LogP contribution in [0.1, 0.15) is 44.1 Å². The predicted octanol–water partition coefficient (Wildman–Crippen LogP) is 3.65. The number of hydrogen-bond acceptors (Lipinski definition) is 3. The van der Waals surface area contributed by atoms with Gasteiger partial charge in [0.05, 0.1) is 13.2 Å². The first kappa shape index (κ1) is 14.9. The van der Waals surface area contributed by atoms with Crippen molar-refractivity contribution in [3.8, 4) is 0 Å². The quantitative estimate of drug-likeness (QED) is 0.856. The summed E-state index contributed by atoms with van der Waals surface area (Å²) >= 11 is 0. The summed E-state index contributed by atoms with van der Waals surface area (Å²) < 4.78 is 5.40. The van der Waals surface area contributed by atoms with Crippen molar-refractivity contribution in [3.63, 3.8) is 0 Å². The third-order valence-electron chi connectivity index (χ3n) is 4.69. The summed E-state index contributed by atoms with van der Waals surface area (Å²) in [5, 5.41) is 3.72. The Morgan fingerprint density at radius 1 is 0.952 bits per heavy atom. The lowest BCUT2D eigenvalue weighted by atomic mass is 10.1. The standard InChI is InChI=1S/C18H28N2O/c1-2-4-6-17(5-3-1)19-18-9-7-16(8-10-18)15-20-11-13-21-14-12-20/h7-10,17,19H,1-6,11-15H2. The first-order chi connectivity index (χ1) is 10.4. The first-order valence-corrected chi connectivity index (χ1v) is 8.56. The molecule has 1 aliphatic carbocycles. The summed E-state index contributed by atoms with van der Waals surface area (Å²) in [5.74, 6) is 0. The van der Waals surface area contributed by atoms with Crippen LogP contribution in [0.25, 0.3) is 0 Å². The number of hydrogen-bond donors (Lipinski definition) is 1. The number of rotatable bonds is 4. The van der Waals surface area contributed by atoms with E-state index in [9.17, 15) is 0 Å². The van der Waals surface area contributed by atoms with Gasteiger partial charge in [0.15, 0.2) is 0 Å². The number of nitrogens with zero attached hydrogens (tertiary/aromatic N) is 1. The van der Waals surface area contributed by atoms with Crippen LogP contribution in [0.3, 0.4) is 0 Å². The van der Waals surface area contributed by atoms with E-state index < -0.39 is 0 Å². The van der Waals surface area contributed by atoms with Crippen molar-refractivity contribution in [2.45, 2.75) is 51.1 Å². The largest absolute Gasteiger partial charge is 0.382 e. The second-order valence-electron chi connectivity index (χ2n) is 6.42. The number of benzene rings is 1. The zero-order chi connectivity index (χ0) is 14.3. The Hall–Kier alpha value is -1.06. The molecule has 2 fully saturated rings. The number of morpholine rings is 1. The van der Waals surface area contributed by atoms with Crippen molar-refractivity contribution >= 4 is 5.69 Å². The fourth-order valence-electron chi connectivity index (χ4n) is 3.38. The highest BCUT2D eigenvalue weighted by molar-refractivity contribution is 5.45. The van der Waals surface area contributed by atoms with Crippen molar-refractivity contribution in [1.82, 2.24) is 4.90 Å². The minimum Gasteiger partial charge on any atom is -0.382 e. The van der Waals surface area contributed by atoms with Crippen molar-refractivity contribution in [3.05, 3.63) is 29.8 Å². The summed E-state index contributed by atoms with van der Waals surface area (Å²) in [6, 6.07) is 9.72. The van der Waals surface area contributed by atoms with E-state index in [4.69, 9.17) is 4.74 Å². The molecule has 1 aliphatic heterocycles. The fraction of sp³-hybridized carbons (Fsp3) is 0.667. The average Bonchev–Trinajstić information content (AvgIpc) is 2.79. The molecule has 1 aromatic rings. The highest BCUT2D eigenvalue weighted by atomic mass is 16.5. The molecular formula is C18H28N2O. The topological polar surface area (TPSA) is 24.5 Å². The summed E-state index contributed by atoms with van der Waals surface area (Å²) in [6.45, 7) is 4.92. The maximum Gasteiger partial charge on any atom is 0.0594 e. The fourth-order valence-corrected chi connectivity index (χ4v) is 3.38. The van der Waals surface area contributed by atoms with Crippen molar-refractivity contribution < 1.29 is 4.74 Å². The van der Waals surface area contributed by atoms with Crippen LogP contribution in [-0.4, -0.2) is 37.2 Å². The van der Waals surface area contributed by atoms with Crippen LogP contribution in [0.5, 0.6) is 0 Å². The van der Waals surface area contributed by atoms with Gasteiger partial charge in [0.2, 0.25) is 0 Å². The van der Waals surface area contributed by atoms with Crippen molar-refractivity contribution in [2.24, 2.45) is 0 Å². The Morgan fingerprint density at radius 3 is 2.29 bits per heavy atom. The van der Waals surface area contributed by atoms with E-state index in [-0.39, 0.29) is 0 Å². The molecule has 1 aromatic carbocycles. The third kappa shape index (κ3) is 4.72. The van der Waals surface area contributed by atoms with E-state index in [0.717, 1.165) is 32.8 Å². The van der Waals surface area contributed by atoms with Crippen LogP contribution >= 0.6 is 0 Å². The lowest BCUT2D eigenvalue weighted by Gasteiger charge is -2.26. The van der Waals surface area contributed by atoms with Gasteiger partial charge < -0.3 is 10.1 Å². The van der Waals surface area contributed by atoms with Gasteiger partial charge in [-0.3, -0.25) is 4.90 Å². The zero-order valence-electron chi connectivity index (χ0n) is 13.0. The molecule has 0 bridgehead atoms. The lowest BCUT2D eigenvalue weighted by Crippen LogP contribution is -2.35. The third-order valence-corrected chi connectivity index (χ3v) is 4.69. The van der Waals surface area contributed by atoms with Crippen LogP contribution in [0.15, 0.2) is 24.3 Å². The van der Waals surface area contributed by atoms with E-state index in [1.54, 1.807) is 0 Å². The smallest absolute Gasteiger partial charge is 0.0594 e. The first-order valence-electron chi connectivity index (χ1n) is 8.56. The molecule has 3 nitrogen and oxygen atoms in total. The second-order valence-corrected chi connectivity index (χ2v) is 6.42. The Morgan fingerprint density at radius 2 is 1.62 bits per heavy atom. The van der Waals surface area contributed by atoms with Gasteiger partial charge in [0.1, 0.15) is 0 Å². The van der Waals surface area contributed by atoms with E-state index in [1.807, 2.05) is 0 Å². The van der Waals surface area contributed by atoms with E-state index in [0.29, 0.717) is 6.04 Å². The molecule has 0 atom stereocenters. The molecule has 1 heterocycles.